The average molecular weight is 290 g/mol. The van der Waals surface area contributed by atoms with Crippen molar-refractivity contribution in [3.63, 3.8) is 0 Å². The molecule has 1 N–H and O–H groups in total. The summed E-state index contributed by atoms with van der Waals surface area (Å²) < 4.78 is 0. The Labute approximate surface area is 120 Å². The number of halogens is 2. The number of anilines is 2. The molecule has 0 spiro atoms. The number of rotatable bonds is 2. The highest BCUT2D eigenvalue weighted by Crippen LogP contribution is 2.28. The van der Waals surface area contributed by atoms with Crippen LogP contribution in [0.2, 0.25) is 10.0 Å². The number of aromatic nitrogens is 2. The van der Waals surface area contributed by atoms with Crippen LogP contribution in [0.25, 0.3) is 10.9 Å². The molecule has 0 aliphatic rings. The molecule has 0 atom stereocenters. The van der Waals surface area contributed by atoms with E-state index in [0.717, 1.165) is 16.6 Å². The van der Waals surface area contributed by atoms with E-state index in [0.29, 0.717) is 15.9 Å². The maximum atomic E-state index is 6.12. The van der Waals surface area contributed by atoms with E-state index in [1.807, 2.05) is 36.4 Å². The molecule has 0 radical (unpaired) electrons. The second kappa shape index (κ2) is 5.03. The summed E-state index contributed by atoms with van der Waals surface area (Å²) in [6.45, 7) is 0. The Morgan fingerprint density at radius 1 is 0.947 bits per heavy atom. The van der Waals surface area contributed by atoms with Gasteiger partial charge in [-0.25, -0.2) is 9.97 Å². The van der Waals surface area contributed by atoms with Gasteiger partial charge in [0.25, 0.3) is 0 Å². The Kier molecular flexibility index (Phi) is 3.23. The van der Waals surface area contributed by atoms with E-state index < -0.39 is 0 Å². The number of hydrogen-bond acceptors (Lipinski definition) is 3. The van der Waals surface area contributed by atoms with Gasteiger partial charge < -0.3 is 5.32 Å². The summed E-state index contributed by atoms with van der Waals surface area (Å²) in [4.78, 5) is 8.45. The molecule has 0 saturated carbocycles. The topological polar surface area (TPSA) is 37.8 Å². The SMILES string of the molecule is Clc1ccc2ncnc(Nc3ccccc3Cl)c2c1. The van der Waals surface area contributed by atoms with Crippen molar-refractivity contribution in [2.75, 3.05) is 5.32 Å². The van der Waals surface area contributed by atoms with Gasteiger partial charge in [0.05, 0.1) is 16.2 Å². The Hall–Kier alpha value is -1.84. The summed E-state index contributed by atoms with van der Waals surface area (Å²) in [6.07, 6.45) is 1.51. The summed E-state index contributed by atoms with van der Waals surface area (Å²) in [7, 11) is 0. The van der Waals surface area contributed by atoms with Crippen LogP contribution in [-0.4, -0.2) is 9.97 Å². The van der Waals surface area contributed by atoms with Gasteiger partial charge in [0.1, 0.15) is 12.1 Å². The molecular weight excluding hydrogens is 281 g/mol. The second-order valence-electron chi connectivity index (χ2n) is 3.99. The van der Waals surface area contributed by atoms with Gasteiger partial charge in [-0.3, -0.25) is 0 Å². The van der Waals surface area contributed by atoms with Crippen LogP contribution in [0.5, 0.6) is 0 Å². The standard InChI is InChI=1S/C14H9Cl2N3/c15-9-5-6-12-10(7-9)14(18-8-17-12)19-13-4-2-1-3-11(13)16/h1-8H,(H,17,18,19). The molecular formula is C14H9Cl2N3. The predicted molar refractivity (Wildman–Crippen MR) is 79.3 cm³/mol. The molecule has 0 fully saturated rings. The molecule has 0 amide bonds. The third-order valence-electron chi connectivity index (χ3n) is 2.72. The molecule has 3 rings (SSSR count). The third kappa shape index (κ3) is 2.48. The minimum absolute atomic E-state index is 0.635. The molecule has 94 valence electrons. The molecule has 0 aliphatic carbocycles. The van der Waals surface area contributed by atoms with E-state index in [1.165, 1.54) is 6.33 Å². The Balaban J connectivity index is 2.10. The van der Waals surface area contributed by atoms with Crippen LogP contribution < -0.4 is 5.32 Å². The Morgan fingerprint density at radius 3 is 2.63 bits per heavy atom. The lowest BCUT2D eigenvalue weighted by molar-refractivity contribution is 1.22. The van der Waals surface area contributed by atoms with Gasteiger partial charge in [0.15, 0.2) is 0 Å². The van der Waals surface area contributed by atoms with Crippen molar-refractivity contribution in [2.24, 2.45) is 0 Å². The Bertz CT molecular complexity index is 744. The normalized spacial score (nSPS) is 10.6. The summed E-state index contributed by atoms with van der Waals surface area (Å²) in [6, 6.07) is 13.0. The average Bonchev–Trinajstić information content (AvgIpc) is 2.42. The summed E-state index contributed by atoms with van der Waals surface area (Å²) in [5.41, 5.74) is 1.62. The minimum atomic E-state index is 0.635. The van der Waals surface area contributed by atoms with Crippen LogP contribution in [0.1, 0.15) is 0 Å². The molecule has 1 heterocycles. The van der Waals surface area contributed by atoms with Crippen molar-refractivity contribution in [2.45, 2.75) is 0 Å². The molecule has 0 bridgehead atoms. The fourth-order valence-electron chi connectivity index (χ4n) is 1.82. The van der Waals surface area contributed by atoms with E-state index in [9.17, 15) is 0 Å². The van der Waals surface area contributed by atoms with Gasteiger partial charge >= 0.3 is 0 Å². The number of fused-ring (bicyclic) bond motifs is 1. The fraction of sp³-hybridized carbons (Fsp3) is 0. The van der Waals surface area contributed by atoms with E-state index in [2.05, 4.69) is 15.3 Å². The van der Waals surface area contributed by atoms with Crippen molar-refractivity contribution >= 4 is 45.6 Å². The summed E-state index contributed by atoms with van der Waals surface area (Å²) in [5, 5.41) is 5.34. The first kappa shape index (κ1) is 12.2. The van der Waals surface area contributed by atoms with Crippen LogP contribution in [-0.2, 0) is 0 Å². The van der Waals surface area contributed by atoms with Gasteiger partial charge in [-0.2, -0.15) is 0 Å². The Morgan fingerprint density at radius 2 is 1.79 bits per heavy atom. The van der Waals surface area contributed by atoms with Crippen LogP contribution >= 0.6 is 23.2 Å². The van der Waals surface area contributed by atoms with E-state index in [4.69, 9.17) is 23.2 Å². The molecule has 1 aromatic heterocycles. The lowest BCUT2D eigenvalue weighted by Gasteiger charge is -2.09. The number of hydrogen-bond donors (Lipinski definition) is 1. The smallest absolute Gasteiger partial charge is 0.141 e. The maximum Gasteiger partial charge on any atom is 0.141 e. The molecule has 0 unspecified atom stereocenters. The van der Waals surface area contributed by atoms with Crippen LogP contribution in [0.3, 0.4) is 0 Å². The minimum Gasteiger partial charge on any atom is -0.338 e. The first-order valence-electron chi connectivity index (χ1n) is 5.66. The zero-order valence-corrected chi connectivity index (χ0v) is 11.3. The lowest BCUT2D eigenvalue weighted by Crippen LogP contribution is -1.96. The van der Waals surface area contributed by atoms with Crippen LogP contribution in [0.15, 0.2) is 48.8 Å². The zero-order chi connectivity index (χ0) is 13.2. The van der Waals surface area contributed by atoms with Crippen molar-refractivity contribution in [1.29, 1.82) is 0 Å². The molecule has 0 saturated heterocycles. The number of nitrogens with one attached hydrogen (secondary N) is 1. The maximum absolute atomic E-state index is 6.12. The predicted octanol–water partition coefficient (Wildman–Crippen LogP) is 4.68. The van der Waals surface area contributed by atoms with Crippen LogP contribution in [0.4, 0.5) is 11.5 Å². The first-order valence-corrected chi connectivity index (χ1v) is 6.41. The summed E-state index contributed by atoms with van der Waals surface area (Å²) in [5.74, 6) is 0.681. The van der Waals surface area contributed by atoms with Gasteiger partial charge in [0, 0.05) is 10.4 Å². The highest BCUT2D eigenvalue weighted by atomic mass is 35.5. The first-order chi connectivity index (χ1) is 9.24. The van der Waals surface area contributed by atoms with Gasteiger partial charge in [-0.05, 0) is 30.3 Å². The zero-order valence-electron chi connectivity index (χ0n) is 9.77. The molecule has 2 aromatic carbocycles. The highest BCUT2D eigenvalue weighted by Gasteiger charge is 2.06. The largest absolute Gasteiger partial charge is 0.338 e. The molecule has 0 aliphatic heterocycles. The van der Waals surface area contributed by atoms with Crippen molar-refractivity contribution in [1.82, 2.24) is 9.97 Å². The second-order valence-corrected chi connectivity index (χ2v) is 4.83. The van der Waals surface area contributed by atoms with Gasteiger partial charge in [-0.15, -0.1) is 0 Å². The number of nitrogens with zero attached hydrogens (tertiary/aromatic N) is 2. The summed E-state index contributed by atoms with van der Waals surface area (Å²) >= 11 is 12.1. The van der Waals surface area contributed by atoms with Crippen molar-refractivity contribution < 1.29 is 0 Å². The molecule has 5 heteroatoms. The third-order valence-corrected chi connectivity index (χ3v) is 3.29. The van der Waals surface area contributed by atoms with Crippen molar-refractivity contribution in [3.05, 3.63) is 58.8 Å². The highest BCUT2D eigenvalue weighted by molar-refractivity contribution is 6.33. The van der Waals surface area contributed by atoms with Gasteiger partial charge in [-0.1, -0.05) is 35.3 Å². The fourth-order valence-corrected chi connectivity index (χ4v) is 2.17. The van der Waals surface area contributed by atoms with E-state index in [1.54, 1.807) is 6.07 Å². The van der Waals surface area contributed by atoms with Crippen molar-refractivity contribution in [3.8, 4) is 0 Å². The van der Waals surface area contributed by atoms with Crippen LogP contribution in [0, 0.1) is 0 Å². The van der Waals surface area contributed by atoms with Gasteiger partial charge in [0.2, 0.25) is 0 Å². The monoisotopic (exact) mass is 289 g/mol. The lowest BCUT2D eigenvalue weighted by atomic mass is 10.2. The molecule has 3 aromatic rings. The number of benzene rings is 2. The quantitative estimate of drug-likeness (QED) is 0.744. The van der Waals surface area contributed by atoms with E-state index in [-0.39, 0.29) is 0 Å². The number of para-hydroxylation sites is 1. The van der Waals surface area contributed by atoms with E-state index >= 15 is 0 Å². The molecule has 3 nitrogen and oxygen atoms in total. The molecule has 19 heavy (non-hydrogen) atoms.